The highest BCUT2D eigenvalue weighted by molar-refractivity contribution is 6.30. The third-order valence-electron chi connectivity index (χ3n) is 2.72. The lowest BCUT2D eigenvalue weighted by molar-refractivity contribution is 0.321. The molecule has 0 aliphatic heterocycles. The Morgan fingerprint density at radius 3 is 2.58 bits per heavy atom. The summed E-state index contributed by atoms with van der Waals surface area (Å²) >= 11 is 5.93. The maximum atomic E-state index is 7.50. The summed E-state index contributed by atoms with van der Waals surface area (Å²) in [7, 11) is 0. The van der Waals surface area contributed by atoms with E-state index in [9.17, 15) is 0 Å². The number of ether oxygens (including phenoxy) is 1. The van der Waals surface area contributed by atoms with Gasteiger partial charge in [-0.2, -0.15) is 0 Å². The minimum atomic E-state index is -0.0219. The van der Waals surface area contributed by atoms with Crippen molar-refractivity contribution in [3.8, 4) is 5.75 Å². The van der Waals surface area contributed by atoms with Gasteiger partial charge in [-0.25, -0.2) is 0 Å². The van der Waals surface area contributed by atoms with Gasteiger partial charge in [0.1, 0.15) is 11.6 Å². The number of amidine groups is 1. The van der Waals surface area contributed by atoms with Crippen LogP contribution in [-0.4, -0.2) is 12.4 Å². The minimum Gasteiger partial charge on any atom is -0.492 e. The first kappa shape index (κ1) is 13.4. The van der Waals surface area contributed by atoms with Crippen molar-refractivity contribution in [2.24, 2.45) is 5.73 Å². The van der Waals surface area contributed by atoms with Crippen LogP contribution in [0.5, 0.6) is 5.75 Å². The maximum Gasteiger partial charge on any atom is 0.131 e. The molecule has 4 heteroatoms. The summed E-state index contributed by atoms with van der Waals surface area (Å²) in [5.74, 6) is 0.530. The molecule has 3 N–H and O–H groups in total. The number of hydrogen-bond donors (Lipinski definition) is 2. The van der Waals surface area contributed by atoms with Gasteiger partial charge in [-0.3, -0.25) is 5.41 Å². The summed E-state index contributed by atoms with van der Waals surface area (Å²) in [6.07, 6.45) is 0.796. The van der Waals surface area contributed by atoms with Gasteiger partial charge in [0, 0.05) is 11.4 Å². The summed E-state index contributed by atoms with van der Waals surface area (Å²) in [4.78, 5) is 0. The highest BCUT2D eigenvalue weighted by Crippen LogP contribution is 2.23. The fourth-order valence-corrected chi connectivity index (χ4v) is 1.92. The molecule has 19 heavy (non-hydrogen) atoms. The van der Waals surface area contributed by atoms with E-state index in [1.165, 1.54) is 5.56 Å². The quantitative estimate of drug-likeness (QED) is 0.649. The van der Waals surface area contributed by atoms with E-state index in [-0.39, 0.29) is 5.84 Å². The first-order valence-electron chi connectivity index (χ1n) is 5.97. The molecule has 0 radical (unpaired) electrons. The van der Waals surface area contributed by atoms with Crippen LogP contribution in [0.3, 0.4) is 0 Å². The largest absolute Gasteiger partial charge is 0.492 e. The van der Waals surface area contributed by atoms with Crippen molar-refractivity contribution in [1.82, 2.24) is 0 Å². The molecular weight excluding hydrogens is 260 g/mol. The molecule has 2 aromatic rings. The van der Waals surface area contributed by atoms with Crippen LogP contribution in [0, 0.1) is 5.41 Å². The van der Waals surface area contributed by atoms with Gasteiger partial charge in [0.15, 0.2) is 0 Å². The number of hydrogen-bond acceptors (Lipinski definition) is 2. The monoisotopic (exact) mass is 274 g/mol. The van der Waals surface area contributed by atoms with E-state index in [4.69, 9.17) is 27.5 Å². The van der Waals surface area contributed by atoms with Crippen molar-refractivity contribution in [1.29, 1.82) is 5.41 Å². The van der Waals surface area contributed by atoms with Gasteiger partial charge in [-0.05, 0) is 23.8 Å². The molecular formula is C15H15ClN2O. The van der Waals surface area contributed by atoms with E-state index >= 15 is 0 Å². The van der Waals surface area contributed by atoms with E-state index < -0.39 is 0 Å². The Hall–Kier alpha value is -2.00. The smallest absolute Gasteiger partial charge is 0.131 e. The van der Waals surface area contributed by atoms with Crippen molar-refractivity contribution in [3.63, 3.8) is 0 Å². The van der Waals surface area contributed by atoms with E-state index in [2.05, 4.69) is 0 Å². The molecule has 2 aromatic carbocycles. The Labute approximate surface area is 117 Å². The molecule has 0 spiro atoms. The molecule has 0 aromatic heterocycles. The van der Waals surface area contributed by atoms with Crippen LogP contribution >= 0.6 is 11.6 Å². The van der Waals surface area contributed by atoms with E-state index in [0.29, 0.717) is 22.9 Å². The predicted molar refractivity (Wildman–Crippen MR) is 78.1 cm³/mol. The molecule has 0 atom stereocenters. The van der Waals surface area contributed by atoms with Crippen LogP contribution < -0.4 is 10.5 Å². The zero-order valence-corrected chi connectivity index (χ0v) is 11.2. The average Bonchev–Trinajstić information content (AvgIpc) is 2.39. The molecule has 0 aliphatic rings. The van der Waals surface area contributed by atoms with Gasteiger partial charge < -0.3 is 10.5 Å². The van der Waals surface area contributed by atoms with Crippen molar-refractivity contribution < 1.29 is 4.74 Å². The second-order valence-electron chi connectivity index (χ2n) is 4.14. The third-order valence-corrected chi connectivity index (χ3v) is 2.96. The van der Waals surface area contributed by atoms with Crippen LogP contribution in [0.2, 0.25) is 5.02 Å². The van der Waals surface area contributed by atoms with E-state index in [0.717, 1.165) is 6.42 Å². The van der Waals surface area contributed by atoms with Crippen molar-refractivity contribution >= 4 is 17.4 Å². The molecule has 0 bridgehead atoms. The Bertz CT molecular complexity index is 570. The lowest BCUT2D eigenvalue weighted by atomic mass is 10.1. The Morgan fingerprint density at radius 1 is 1.16 bits per heavy atom. The highest BCUT2D eigenvalue weighted by atomic mass is 35.5. The molecule has 2 rings (SSSR count). The van der Waals surface area contributed by atoms with Gasteiger partial charge in [0.2, 0.25) is 0 Å². The van der Waals surface area contributed by atoms with E-state index in [1.54, 1.807) is 18.2 Å². The molecule has 3 nitrogen and oxygen atoms in total. The van der Waals surface area contributed by atoms with Crippen LogP contribution in [0.25, 0.3) is 0 Å². The second kappa shape index (κ2) is 6.25. The normalized spacial score (nSPS) is 10.2. The molecule has 0 unspecified atom stereocenters. The number of benzene rings is 2. The number of halogens is 1. The summed E-state index contributed by atoms with van der Waals surface area (Å²) < 4.78 is 5.68. The van der Waals surface area contributed by atoms with Crippen LogP contribution in [-0.2, 0) is 6.42 Å². The summed E-state index contributed by atoms with van der Waals surface area (Å²) in [6.45, 7) is 0.518. The predicted octanol–water partition coefficient (Wildman–Crippen LogP) is 3.25. The van der Waals surface area contributed by atoms with E-state index in [1.807, 2.05) is 30.3 Å². The summed E-state index contributed by atoms with van der Waals surface area (Å²) in [6, 6.07) is 15.1. The summed E-state index contributed by atoms with van der Waals surface area (Å²) in [5, 5.41) is 8.07. The minimum absolute atomic E-state index is 0.0219. The van der Waals surface area contributed by atoms with Gasteiger partial charge in [0.25, 0.3) is 0 Å². The van der Waals surface area contributed by atoms with Crippen molar-refractivity contribution in [2.75, 3.05) is 6.61 Å². The molecule has 0 heterocycles. The fraction of sp³-hybridized carbons (Fsp3) is 0.133. The third kappa shape index (κ3) is 3.73. The zero-order valence-electron chi connectivity index (χ0n) is 10.4. The molecule has 0 amide bonds. The van der Waals surface area contributed by atoms with Crippen LogP contribution in [0.4, 0.5) is 0 Å². The van der Waals surface area contributed by atoms with Crippen LogP contribution in [0.15, 0.2) is 48.5 Å². The van der Waals surface area contributed by atoms with Crippen LogP contribution in [0.1, 0.15) is 11.1 Å². The molecule has 0 fully saturated rings. The SMILES string of the molecule is N=C(N)c1ccc(Cl)cc1OCCc1ccccc1. The summed E-state index contributed by atoms with van der Waals surface area (Å²) in [5.41, 5.74) is 7.28. The Kier molecular flexibility index (Phi) is 4.42. The van der Waals surface area contributed by atoms with Gasteiger partial charge in [-0.1, -0.05) is 41.9 Å². The Morgan fingerprint density at radius 2 is 1.89 bits per heavy atom. The van der Waals surface area contributed by atoms with Gasteiger partial charge in [-0.15, -0.1) is 0 Å². The first-order valence-corrected chi connectivity index (χ1v) is 6.35. The standard InChI is InChI=1S/C15H15ClN2O/c16-12-6-7-13(15(17)18)14(10-12)19-9-8-11-4-2-1-3-5-11/h1-7,10H,8-9H2,(H3,17,18). The van der Waals surface area contributed by atoms with Gasteiger partial charge >= 0.3 is 0 Å². The molecule has 98 valence electrons. The molecule has 0 aliphatic carbocycles. The van der Waals surface area contributed by atoms with Crippen molar-refractivity contribution in [2.45, 2.75) is 6.42 Å². The van der Waals surface area contributed by atoms with Gasteiger partial charge in [0.05, 0.1) is 12.2 Å². The number of nitrogens with two attached hydrogens (primary N) is 1. The maximum absolute atomic E-state index is 7.50. The lowest BCUT2D eigenvalue weighted by Crippen LogP contribution is -2.14. The number of rotatable bonds is 5. The number of nitrogens with one attached hydrogen (secondary N) is 1. The fourth-order valence-electron chi connectivity index (χ4n) is 1.76. The highest BCUT2D eigenvalue weighted by Gasteiger charge is 2.07. The van der Waals surface area contributed by atoms with Crippen molar-refractivity contribution in [3.05, 3.63) is 64.7 Å². The topological polar surface area (TPSA) is 59.1 Å². The Balaban J connectivity index is 2.03. The lowest BCUT2D eigenvalue weighted by Gasteiger charge is -2.11. The number of nitrogen functional groups attached to an aromatic ring is 1. The molecule has 0 saturated carbocycles. The first-order chi connectivity index (χ1) is 9.16. The molecule has 0 saturated heterocycles. The second-order valence-corrected chi connectivity index (χ2v) is 4.57. The average molecular weight is 275 g/mol. The zero-order chi connectivity index (χ0) is 13.7.